The second-order valence-electron chi connectivity index (χ2n) is 11.4. The average molecular weight is 652 g/mol. The number of nitrogens with two attached hydrogens (primary N) is 2. The van der Waals surface area contributed by atoms with E-state index in [9.17, 15) is 35.1 Å². The molecule has 0 radical (unpaired) electrons. The number of carbonyl (C=O) groups is 2. The van der Waals surface area contributed by atoms with Crippen LogP contribution in [-0.2, 0) is 17.7 Å². The lowest BCUT2D eigenvalue weighted by atomic mass is 9.79. The van der Waals surface area contributed by atoms with Gasteiger partial charge in [-0.1, -0.05) is 0 Å². The smallest absolute Gasteiger partial charge is 0.229 e. The third-order valence-electron chi connectivity index (χ3n) is 8.61. The first-order valence-electron chi connectivity index (χ1n) is 14.7. The summed E-state index contributed by atoms with van der Waals surface area (Å²) in [5, 5.41) is 57.9. The number of nitrogens with one attached hydrogen (secondary N) is 1. The summed E-state index contributed by atoms with van der Waals surface area (Å²) in [6.45, 7) is 0.910. The fraction of sp³-hybridized carbons (Fsp3) is 0.375. The van der Waals surface area contributed by atoms with Crippen LogP contribution in [0.3, 0.4) is 0 Å². The number of nitrogens with zero attached hydrogens (tertiary/aromatic N) is 2. The van der Waals surface area contributed by atoms with Gasteiger partial charge in [0.05, 0.1) is 24.8 Å². The highest BCUT2D eigenvalue weighted by atomic mass is 16.7. The summed E-state index contributed by atoms with van der Waals surface area (Å²) < 4.78 is 17.1. The van der Waals surface area contributed by atoms with Crippen molar-refractivity contribution in [3.63, 3.8) is 0 Å². The van der Waals surface area contributed by atoms with Crippen LogP contribution in [0.25, 0.3) is 0 Å². The maximum atomic E-state index is 14.1. The Balaban J connectivity index is 1.49. The fourth-order valence-electron chi connectivity index (χ4n) is 5.94. The number of anilines is 1. The molecule has 1 aliphatic heterocycles. The lowest BCUT2D eigenvalue weighted by Gasteiger charge is -2.47. The largest absolute Gasteiger partial charge is 0.507 e. The van der Waals surface area contributed by atoms with Gasteiger partial charge in [0, 0.05) is 42.5 Å². The van der Waals surface area contributed by atoms with Crippen LogP contribution in [-0.4, -0.2) is 99.0 Å². The molecule has 1 saturated heterocycles. The predicted octanol–water partition coefficient (Wildman–Crippen LogP) is -0.322. The molecule has 15 heteroatoms. The standard InChI is InChI=1S/C32H37N5O10/c1-14-8-17-24(26(40)19(14)12-37-31(34)35-2)27(41)23-18(25(17)39)10-16(45-3)11-20(23)46-30-28(42)29(43)32(44,21(13-38)47-30)6-4-15-5-7-36-22(33)9-15/h5,7-11,21,28-30,38,40,42-44H,4,6,12-13H2,1-3H3,(H2,33,36)(H3,34,35,37). The Morgan fingerprint density at radius 3 is 2.53 bits per heavy atom. The highest BCUT2D eigenvalue weighted by Crippen LogP contribution is 2.43. The normalized spacial score (nSPS) is 24.0. The number of aliphatic imine (C=N–C) groups is 1. The van der Waals surface area contributed by atoms with E-state index in [-0.39, 0.29) is 64.9 Å². The minimum absolute atomic E-state index is 0.00835. The molecular weight excluding hydrogens is 614 g/mol. The van der Waals surface area contributed by atoms with Crippen LogP contribution < -0.4 is 26.3 Å². The molecular formula is C32H37N5O10. The van der Waals surface area contributed by atoms with Crippen molar-refractivity contribution in [1.82, 2.24) is 10.3 Å². The van der Waals surface area contributed by atoms with Gasteiger partial charge in [0.1, 0.15) is 47.0 Å². The van der Waals surface area contributed by atoms with E-state index in [0.717, 1.165) is 0 Å². The second-order valence-corrected chi connectivity index (χ2v) is 11.4. The van der Waals surface area contributed by atoms with Crippen LogP contribution in [0.5, 0.6) is 17.2 Å². The minimum atomic E-state index is -2.12. The van der Waals surface area contributed by atoms with E-state index in [4.69, 9.17) is 25.7 Å². The van der Waals surface area contributed by atoms with Crippen LogP contribution in [0, 0.1) is 6.92 Å². The number of pyridine rings is 1. The molecule has 5 unspecified atom stereocenters. The number of nitrogen functional groups attached to an aromatic ring is 1. The molecule has 0 bridgehead atoms. The number of ketones is 2. The first kappa shape index (κ1) is 33.6. The number of phenols is 1. The molecule has 0 spiro atoms. The topological polar surface area (TPSA) is 252 Å². The van der Waals surface area contributed by atoms with Gasteiger partial charge >= 0.3 is 0 Å². The molecule has 0 saturated carbocycles. The van der Waals surface area contributed by atoms with Crippen molar-refractivity contribution in [3.8, 4) is 17.2 Å². The van der Waals surface area contributed by atoms with Gasteiger partial charge in [0.2, 0.25) is 12.1 Å². The lowest BCUT2D eigenvalue weighted by Crippen LogP contribution is -2.68. The molecule has 3 aromatic rings. The lowest BCUT2D eigenvalue weighted by molar-refractivity contribution is -0.314. The summed E-state index contributed by atoms with van der Waals surface area (Å²) in [4.78, 5) is 35.6. The number of phenolic OH excluding ortho intramolecular Hbond substituents is 1. The molecule has 2 heterocycles. The van der Waals surface area contributed by atoms with Gasteiger partial charge in [0.25, 0.3) is 0 Å². The Kier molecular flexibility index (Phi) is 9.38. The summed E-state index contributed by atoms with van der Waals surface area (Å²) in [7, 11) is 2.81. The molecule has 47 heavy (non-hydrogen) atoms. The molecule has 250 valence electrons. The maximum absolute atomic E-state index is 14.1. The Bertz CT molecular complexity index is 1740. The fourth-order valence-corrected chi connectivity index (χ4v) is 5.94. The molecule has 15 nitrogen and oxygen atoms in total. The number of aryl methyl sites for hydroxylation is 2. The van der Waals surface area contributed by atoms with Gasteiger partial charge in [-0.15, -0.1) is 0 Å². The number of fused-ring (bicyclic) bond motifs is 2. The Morgan fingerprint density at radius 1 is 1.15 bits per heavy atom. The first-order valence-corrected chi connectivity index (χ1v) is 14.7. The van der Waals surface area contributed by atoms with Crippen LogP contribution in [0.1, 0.15) is 55.0 Å². The van der Waals surface area contributed by atoms with Crippen molar-refractivity contribution < 1.29 is 49.3 Å². The summed E-state index contributed by atoms with van der Waals surface area (Å²) in [5.74, 6) is -1.59. The van der Waals surface area contributed by atoms with E-state index in [1.165, 1.54) is 38.6 Å². The zero-order valence-corrected chi connectivity index (χ0v) is 25.9. The minimum Gasteiger partial charge on any atom is -0.507 e. The quantitative estimate of drug-likeness (QED) is 0.0853. The van der Waals surface area contributed by atoms with Gasteiger partial charge in [-0.25, -0.2) is 4.98 Å². The summed E-state index contributed by atoms with van der Waals surface area (Å²) in [5.41, 5.74) is 10.2. The highest BCUT2D eigenvalue weighted by Gasteiger charge is 2.55. The molecule has 10 N–H and O–H groups in total. The monoisotopic (exact) mass is 651 g/mol. The number of aromatic nitrogens is 1. The van der Waals surface area contributed by atoms with Crippen LogP contribution >= 0.6 is 0 Å². The first-order chi connectivity index (χ1) is 22.3. The van der Waals surface area contributed by atoms with E-state index in [2.05, 4.69) is 15.3 Å². The third kappa shape index (κ3) is 6.06. The van der Waals surface area contributed by atoms with Crippen molar-refractivity contribution in [2.45, 2.75) is 56.5 Å². The molecule has 1 aliphatic carbocycles. The Labute approximate surface area is 269 Å². The molecule has 1 aromatic heterocycles. The van der Waals surface area contributed by atoms with E-state index in [1.54, 1.807) is 19.1 Å². The van der Waals surface area contributed by atoms with Gasteiger partial charge in [-0.05, 0) is 55.2 Å². The number of rotatable bonds is 9. The average Bonchev–Trinajstić information content (AvgIpc) is 3.05. The van der Waals surface area contributed by atoms with E-state index in [0.29, 0.717) is 16.7 Å². The summed E-state index contributed by atoms with van der Waals surface area (Å²) >= 11 is 0. The van der Waals surface area contributed by atoms with Crippen molar-refractivity contribution in [3.05, 3.63) is 75.5 Å². The van der Waals surface area contributed by atoms with Gasteiger partial charge in [0.15, 0.2) is 11.7 Å². The Hall–Kier alpha value is -4.80. The number of ether oxygens (including phenoxy) is 3. The molecule has 2 aromatic carbocycles. The number of aliphatic hydroxyl groups is 4. The van der Waals surface area contributed by atoms with Crippen molar-refractivity contribution in [2.75, 3.05) is 26.5 Å². The second kappa shape index (κ2) is 13.1. The number of benzene rings is 2. The number of aliphatic hydroxyl groups excluding tert-OH is 3. The van der Waals surface area contributed by atoms with Crippen molar-refractivity contribution in [2.24, 2.45) is 10.7 Å². The number of hydrogen-bond acceptors (Lipinski definition) is 13. The van der Waals surface area contributed by atoms with Gasteiger partial charge in [-0.2, -0.15) is 0 Å². The van der Waals surface area contributed by atoms with Crippen LogP contribution in [0.15, 0.2) is 41.5 Å². The summed E-state index contributed by atoms with van der Waals surface area (Å²) in [6.07, 6.45) is -5.38. The van der Waals surface area contributed by atoms with Crippen LogP contribution in [0.4, 0.5) is 5.82 Å². The molecule has 5 atom stereocenters. The van der Waals surface area contributed by atoms with E-state index in [1.807, 2.05) is 0 Å². The predicted molar refractivity (Wildman–Crippen MR) is 167 cm³/mol. The zero-order valence-electron chi connectivity index (χ0n) is 25.9. The molecule has 0 amide bonds. The van der Waals surface area contributed by atoms with E-state index >= 15 is 0 Å². The third-order valence-corrected chi connectivity index (χ3v) is 8.61. The number of guanidine groups is 1. The maximum Gasteiger partial charge on any atom is 0.229 e. The van der Waals surface area contributed by atoms with E-state index < -0.39 is 54.1 Å². The van der Waals surface area contributed by atoms with Gasteiger partial charge in [-0.3, -0.25) is 14.6 Å². The molecule has 2 aliphatic rings. The summed E-state index contributed by atoms with van der Waals surface area (Å²) in [6, 6.07) is 7.38. The van der Waals surface area contributed by atoms with Crippen molar-refractivity contribution in [1.29, 1.82) is 0 Å². The number of hydrogen-bond donors (Lipinski definition) is 8. The number of aromatic hydroxyl groups is 1. The van der Waals surface area contributed by atoms with Gasteiger partial charge < -0.3 is 56.5 Å². The SMILES string of the molecule is CN=C(N)NCc1c(C)cc2c(c1O)C(=O)c1c(OC3OC(CO)C(O)(CCc4ccnc(N)c4)C(O)C3O)cc(OC)cc1C2=O. The highest BCUT2D eigenvalue weighted by molar-refractivity contribution is 6.30. The number of methoxy groups -OCH3 is 1. The van der Waals surface area contributed by atoms with Crippen LogP contribution in [0.2, 0.25) is 0 Å². The Morgan fingerprint density at radius 2 is 1.87 bits per heavy atom. The zero-order chi connectivity index (χ0) is 34.2. The molecule has 1 fully saturated rings. The molecule has 5 rings (SSSR count). The number of carbonyl (C=O) groups excluding carboxylic acids is 2. The van der Waals surface area contributed by atoms with Crippen molar-refractivity contribution >= 4 is 23.3 Å².